The standard InChI is InChI=1S/C28H23N4P/c1-4-11-22(12-5-1)33(23-13-6-2-7-14-23,24-15-8-3-9-16-24)21-27-30-28-25-17-10-19-29-26(25)18-20-32(28)31-27/h1-20,33H,21H2. The summed E-state index contributed by atoms with van der Waals surface area (Å²) in [6, 6.07) is 38.7. The van der Waals surface area contributed by atoms with Crippen LogP contribution in [0.3, 0.4) is 0 Å². The number of nitrogens with zero attached hydrogens (tertiary/aromatic N) is 4. The van der Waals surface area contributed by atoms with Gasteiger partial charge >= 0.3 is 193 Å². The third-order valence-electron chi connectivity index (χ3n) is 6.35. The van der Waals surface area contributed by atoms with Crippen molar-refractivity contribution < 1.29 is 0 Å². The second kappa shape index (κ2) is 8.23. The predicted octanol–water partition coefficient (Wildman–Crippen LogP) is 4.50. The molecule has 0 N–H and O–H groups in total. The van der Waals surface area contributed by atoms with E-state index >= 15 is 0 Å². The molecule has 0 radical (unpaired) electrons. The molecule has 160 valence electrons. The summed E-state index contributed by atoms with van der Waals surface area (Å²) in [5, 5.41) is 10.0. The molecule has 0 atom stereocenters. The zero-order valence-corrected chi connectivity index (χ0v) is 19.0. The summed E-state index contributed by atoms with van der Waals surface area (Å²) in [5.41, 5.74) is 1.79. The van der Waals surface area contributed by atoms with E-state index < -0.39 is 7.26 Å². The average molecular weight is 446 g/mol. The van der Waals surface area contributed by atoms with E-state index in [2.05, 4.69) is 102 Å². The third-order valence-corrected chi connectivity index (χ3v) is 11.2. The Bertz CT molecular complexity index is 1430. The first-order chi connectivity index (χ1) is 16.3. The van der Waals surface area contributed by atoms with Crippen molar-refractivity contribution in [3.8, 4) is 0 Å². The first-order valence-corrected chi connectivity index (χ1v) is 13.3. The van der Waals surface area contributed by atoms with E-state index in [-0.39, 0.29) is 0 Å². The summed E-state index contributed by atoms with van der Waals surface area (Å²) in [5.74, 6) is 0.856. The van der Waals surface area contributed by atoms with Crippen LogP contribution >= 0.6 is 7.26 Å². The minimum atomic E-state index is -2.45. The van der Waals surface area contributed by atoms with Crippen molar-refractivity contribution in [3.05, 3.63) is 127 Å². The van der Waals surface area contributed by atoms with Crippen LogP contribution in [-0.2, 0) is 6.16 Å². The van der Waals surface area contributed by atoms with Gasteiger partial charge in [0.1, 0.15) is 0 Å². The normalized spacial score (nSPS) is 12.2. The molecule has 0 spiro atoms. The number of benzene rings is 3. The maximum atomic E-state index is 5.05. The molecule has 3 aromatic heterocycles. The van der Waals surface area contributed by atoms with E-state index in [0.29, 0.717) is 0 Å². The van der Waals surface area contributed by atoms with Crippen molar-refractivity contribution in [1.82, 2.24) is 19.6 Å². The molecule has 5 heteroatoms. The molecule has 0 saturated carbocycles. The van der Waals surface area contributed by atoms with Crippen molar-refractivity contribution in [2.24, 2.45) is 0 Å². The molecule has 4 nitrogen and oxygen atoms in total. The van der Waals surface area contributed by atoms with Gasteiger partial charge in [-0.1, -0.05) is 0 Å². The zero-order chi connectivity index (χ0) is 22.1. The number of hydrogen-bond acceptors (Lipinski definition) is 3. The predicted molar refractivity (Wildman–Crippen MR) is 139 cm³/mol. The van der Waals surface area contributed by atoms with E-state index in [1.54, 1.807) is 0 Å². The van der Waals surface area contributed by atoms with Gasteiger partial charge in [-0.2, -0.15) is 0 Å². The van der Waals surface area contributed by atoms with Gasteiger partial charge in [-0.15, -0.1) is 0 Å². The molecular weight excluding hydrogens is 423 g/mol. The summed E-state index contributed by atoms with van der Waals surface area (Å²) in [6.45, 7) is 0. The van der Waals surface area contributed by atoms with Crippen molar-refractivity contribution >= 4 is 39.7 Å². The van der Waals surface area contributed by atoms with E-state index in [4.69, 9.17) is 10.1 Å². The van der Waals surface area contributed by atoms with Gasteiger partial charge in [-0.25, -0.2) is 0 Å². The SMILES string of the molecule is c1ccc([PH](Cc2nc3c4cccnc4ccn3n2)(c2ccccc2)c2ccccc2)cc1. The van der Waals surface area contributed by atoms with Crippen LogP contribution in [0.15, 0.2) is 122 Å². The quantitative estimate of drug-likeness (QED) is 0.366. The van der Waals surface area contributed by atoms with Crippen molar-refractivity contribution in [2.45, 2.75) is 6.16 Å². The fraction of sp³-hybridized carbons (Fsp3) is 0.0357. The van der Waals surface area contributed by atoms with Gasteiger partial charge in [0.15, 0.2) is 0 Å². The van der Waals surface area contributed by atoms with Crippen LogP contribution in [0.1, 0.15) is 5.82 Å². The van der Waals surface area contributed by atoms with Crippen LogP contribution in [-0.4, -0.2) is 19.6 Å². The van der Waals surface area contributed by atoms with Gasteiger partial charge in [-0.05, 0) is 0 Å². The van der Waals surface area contributed by atoms with Crippen LogP contribution in [0.5, 0.6) is 0 Å². The molecule has 0 bridgehead atoms. The van der Waals surface area contributed by atoms with Crippen LogP contribution in [0, 0.1) is 0 Å². The van der Waals surface area contributed by atoms with Crippen molar-refractivity contribution in [3.63, 3.8) is 0 Å². The molecule has 3 aromatic carbocycles. The summed E-state index contributed by atoms with van der Waals surface area (Å²) in [7, 11) is -2.45. The molecule has 0 saturated heterocycles. The van der Waals surface area contributed by atoms with Gasteiger partial charge in [-0.3, -0.25) is 0 Å². The Kier molecular flexibility index (Phi) is 4.93. The Labute approximate surface area is 192 Å². The first kappa shape index (κ1) is 19.8. The Balaban J connectivity index is 1.61. The van der Waals surface area contributed by atoms with E-state index in [9.17, 15) is 0 Å². The molecule has 6 rings (SSSR count). The molecule has 0 aliphatic heterocycles. The maximum absolute atomic E-state index is 5.05. The fourth-order valence-corrected chi connectivity index (χ4v) is 9.34. The summed E-state index contributed by atoms with van der Waals surface area (Å²) in [6.07, 6.45) is 4.54. The molecule has 6 aromatic rings. The minimum absolute atomic E-state index is 0.772. The number of fused-ring (bicyclic) bond motifs is 3. The second-order valence-corrected chi connectivity index (χ2v) is 12.1. The van der Waals surface area contributed by atoms with Crippen molar-refractivity contribution in [2.75, 3.05) is 0 Å². The monoisotopic (exact) mass is 446 g/mol. The first-order valence-electron chi connectivity index (χ1n) is 11.1. The molecule has 0 fully saturated rings. The van der Waals surface area contributed by atoms with Gasteiger partial charge in [0, 0.05) is 0 Å². The molecule has 0 aliphatic rings. The van der Waals surface area contributed by atoms with E-state index in [1.165, 1.54) is 15.9 Å². The molecule has 0 amide bonds. The average Bonchev–Trinajstić information content (AvgIpc) is 3.32. The Morgan fingerprint density at radius 1 is 0.636 bits per heavy atom. The molecule has 0 aliphatic carbocycles. The summed E-state index contributed by atoms with van der Waals surface area (Å²) >= 11 is 0. The zero-order valence-electron chi connectivity index (χ0n) is 18.0. The molecule has 33 heavy (non-hydrogen) atoms. The Morgan fingerprint density at radius 2 is 1.21 bits per heavy atom. The number of pyridine rings is 2. The Morgan fingerprint density at radius 3 is 1.79 bits per heavy atom. The second-order valence-electron chi connectivity index (χ2n) is 8.23. The third kappa shape index (κ3) is 3.40. The van der Waals surface area contributed by atoms with Crippen LogP contribution < -0.4 is 15.9 Å². The summed E-state index contributed by atoms with van der Waals surface area (Å²) in [4.78, 5) is 9.53. The number of aromatic nitrogens is 4. The molecule has 0 unspecified atom stereocenters. The number of hydrogen-bond donors (Lipinski definition) is 0. The van der Waals surface area contributed by atoms with Gasteiger partial charge in [0.25, 0.3) is 0 Å². The van der Waals surface area contributed by atoms with E-state index in [0.717, 1.165) is 28.5 Å². The van der Waals surface area contributed by atoms with Gasteiger partial charge in [0.05, 0.1) is 0 Å². The van der Waals surface area contributed by atoms with Crippen molar-refractivity contribution in [1.29, 1.82) is 0 Å². The Hall–Kier alpha value is -3.88. The molecular formula is C28H23N4P. The van der Waals surface area contributed by atoms with Gasteiger partial charge in [0.2, 0.25) is 0 Å². The fourth-order valence-electron chi connectivity index (χ4n) is 4.82. The summed E-state index contributed by atoms with van der Waals surface area (Å²) < 4.78 is 1.89. The van der Waals surface area contributed by atoms with Crippen LogP contribution in [0.2, 0.25) is 0 Å². The topological polar surface area (TPSA) is 43.1 Å². The van der Waals surface area contributed by atoms with E-state index in [1.807, 2.05) is 29.0 Å². The van der Waals surface area contributed by atoms with Gasteiger partial charge < -0.3 is 0 Å². The van der Waals surface area contributed by atoms with Crippen LogP contribution in [0.25, 0.3) is 16.6 Å². The molecule has 3 heterocycles. The number of rotatable bonds is 5. The van der Waals surface area contributed by atoms with Crippen LogP contribution in [0.4, 0.5) is 0 Å².